The molecule has 4 nitrogen and oxygen atoms in total. The number of methoxy groups -OCH3 is 1. The van der Waals surface area contributed by atoms with Gasteiger partial charge in [-0.1, -0.05) is 11.6 Å². The van der Waals surface area contributed by atoms with Gasteiger partial charge in [-0.25, -0.2) is 4.98 Å². The summed E-state index contributed by atoms with van der Waals surface area (Å²) < 4.78 is 4.84. The van der Waals surface area contributed by atoms with Crippen LogP contribution in [0, 0.1) is 0 Å². The molecule has 5 heteroatoms. The minimum Gasteiger partial charge on any atom is -0.389 e. The first-order valence-electron chi connectivity index (χ1n) is 4.63. The highest BCUT2D eigenvalue weighted by atomic mass is 35.5. The Labute approximate surface area is 94.4 Å². The summed E-state index contributed by atoms with van der Waals surface area (Å²) in [4.78, 5) is 5.98. The van der Waals surface area contributed by atoms with Gasteiger partial charge in [0, 0.05) is 26.9 Å². The van der Waals surface area contributed by atoms with Crippen molar-refractivity contribution in [3.8, 4) is 0 Å². The third kappa shape index (κ3) is 4.03. The van der Waals surface area contributed by atoms with Crippen LogP contribution in [0.3, 0.4) is 0 Å². The van der Waals surface area contributed by atoms with Crippen molar-refractivity contribution in [3.63, 3.8) is 0 Å². The second kappa shape index (κ2) is 5.90. The van der Waals surface area contributed by atoms with Gasteiger partial charge in [-0.15, -0.1) is 0 Å². The van der Waals surface area contributed by atoms with E-state index in [1.54, 1.807) is 19.4 Å². The summed E-state index contributed by atoms with van der Waals surface area (Å²) >= 11 is 5.72. The van der Waals surface area contributed by atoms with Crippen LogP contribution >= 0.6 is 11.6 Å². The molecular formula is C10H15ClN2O2. The van der Waals surface area contributed by atoms with Gasteiger partial charge in [0.15, 0.2) is 0 Å². The number of aliphatic hydroxyl groups excluding tert-OH is 1. The summed E-state index contributed by atoms with van der Waals surface area (Å²) in [6, 6.07) is 3.57. The zero-order valence-corrected chi connectivity index (χ0v) is 9.61. The Balaban J connectivity index is 2.53. The van der Waals surface area contributed by atoms with Crippen LogP contribution in [0.4, 0.5) is 5.82 Å². The number of aliphatic hydroxyl groups is 1. The number of nitrogens with zero attached hydrogens (tertiary/aromatic N) is 2. The highest BCUT2D eigenvalue weighted by Gasteiger charge is 2.09. The fraction of sp³-hybridized carbons (Fsp3) is 0.500. The van der Waals surface area contributed by atoms with Crippen molar-refractivity contribution in [1.82, 2.24) is 4.98 Å². The van der Waals surface area contributed by atoms with Crippen molar-refractivity contribution in [3.05, 3.63) is 23.4 Å². The van der Waals surface area contributed by atoms with Crippen molar-refractivity contribution >= 4 is 17.4 Å². The average molecular weight is 231 g/mol. The van der Waals surface area contributed by atoms with Crippen LogP contribution in [0.25, 0.3) is 0 Å². The molecule has 0 spiro atoms. The van der Waals surface area contributed by atoms with E-state index in [1.165, 1.54) is 0 Å². The highest BCUT2D eigenvalue weighted by Crippen LogP contribution is 2.12. The van der Waals surface area contributed by atoms with Crippen LogP contribution in [-0.4, -0.2) is 43.5 Å². The fourth-order valence-corrected chi connectivity index (χ4v) is 1.36. The predicted molar refractivity (Wildman–Crippen MR) is 60.4 cm³/mol. The molecule has 1 heterocycles. The van der Waals surface area contributed by atoms with E-state index in [4.69, 9.17) is 16.3 Å². The first-order chi connectivity index (χ1) is 7.13. The molecule has 0 saturated heterocycles. The van der Waals surface area contributed by atoms with Crippen LogP contribution in [0.5, 0.6) is 0 Å². The molecule has 1 rings (SSSR count). The van der Waals surface area contributed by atoms with Gasteiger partial charge in [-0.05, 0) is 12.1 Å². The monoisotopic (exact) mass is 230 g/mol. The number of aromatic nitrogens is 1. The fourth-order valence-electron chi connectivity index (χ4n) is 1.25. The second-order valence-corrected chi connectivity index (χ2v) is 3.76. The summed E-state index contributed by atoms with van der Waals surface area (Å²) in [6.45, 7) is 0.792. The first-order valence-corrected chi connectivity index (χ1v) is 5.01. The van der Waals surface area contributed by atoms with Crippen molar-refractivity contribution < 1.29 is 9.84 Å². The smallest absolute Gasteiger partial charge is 0.128 e. The van der Waals surface area contributed by atoms with E-state index in [0.717, 1.165) is 5.82 Å². The van der Waals surface area contributed by atoms with Gasteiger partial charge in [-0.3, -0.25) is 0 Å². The minimum atomic E-state index is -0.516. The summed E-state index contributed by atoms with van der Waals surface area (Å²) in [7, 11) is 3.42. The lowest BCUT2D eigenvalue weighted by molar-refractivity contribution is 0.0694. The number of ether oxygens (including phenoxy) is 1. The topological polar surface area (TPSA) is 45.6 Å². The van der Waals surface area contributed by atoms with E-state index in [2.05, 4.69) is 4.98 Å². The molecule has 0 aromatic carbocycles. The molecule has 1 unspecified atom stereocenters. The number of hydrogen-bond donors (Lipinski definition) is 1. The van der Waals surface area contributed by atoms with E-state index < -0.39 is 6.10 Å². The zero-order chi connectivity index (χ0) is 11.3. The third-order valence-corrected chi connectivity index (χ3v) is 2.17. The molecule has 0 aliphatic rings. The molecule has 0 aliphatic heterocycles. The Morgan fingerprint density at radius 1 is 1.60 bits per heavy atom. The number of anilines is 1. The Bertz CT molecular complexity index is 292. The van der Waals surface area contributed by atoms with E-state index in [1.807, 2.05) is 18.0 Å². The normalized spacial score (nSPS) is 12.5. The number of likely N-dealkylation sites (N-methyl/N-ethyl adjacent to an activating group) is 1. The Morgan fingerprint density at radius 3 is 2.87 bits per heavy atom. The number of rotatable bonds is 5. The van der Waals surface area contributed by atoms with Crippen LogP contribution < -0.4 is 4.90 Å². The van der Waals surface area contributed by atoms with Crippen molar-refractivity contribution in [2.75, 3.05) is 32.2 Å². The van der Waals surface area contributed by atoms with Gasteiger partial charge in [0.2, 0.25) is 0 Å². The van der Waals surface area contributed by atoms with Gasteiger partial charge < -0.3 is 14.7 Å². The van der Waals surface area contributed by atoms with Crippen molar-refractivity contribution in [2.24, 2.45) is 0 Å². The summed E-state index contributed by atoms with van der Waals surface area (Å²) in [5.74, 6) is 0.773. The van der Waals surface area contributed by atoms with Crippen LogP contribution in [0.15, 0.2) is 18.3 Å². The van der Waals surface area contributed by atoms with Gasteiger partial charge in [0.25, 0.3) is 0 Å². The molecule has 1 atom stereocenters. The van der Waals surface area contributed by atoms with E-state index in [0.29, 0.717) is 18.2 Å². The number of hydrogen-bond acceptors (Lipinski definition) is 4. The lowest BCUT2D eigenvalue weighted by atomic mass is 10.3. The summed E-state index contributed by atoms with van der Waals surface area (Å²) in [5, 5.41) is 10.1. The molecule has 0 radical (unpaired) electrons. The quantitative estimate of drug-likeness (QED) is 0.825. The molecular weight excluding hydrogens is 216 g/mol. The first kappa shape index (κ1) is 12.2. The summed E-state index contributed by atoms with van der Waals surface area (Å²) in [6.07, 6.45) is 1.06. The molecule has 1 aromatic heterocycles. The Kier molecular flexibility index (Phi) is 4.81. The Hall–Kier alpha value is -0.840. The second-order valence-electron chi connectivity index (χ2n) is 3.32. The van der Waals surface area contributed by atoms with Gasteiger partial charge in [0.1, 0.15) is 5.82 Å². The van der Waals surface area contributed by atoms with E-state index in [-0.39, 0.29) is 0 Å². The van der Waals surface area contributed by atoms with Gasteiger partial charge >= 0.3 is 0 Å². The van der Waals surface area contributed by atoms with Crippen LogP contribution in [0.1, 0.15) is 0 Å². The molecule has 1 N–H and O–H groups in total. The standard InChI is InChI=1S/C10H15ClN2O2/c1-13(6-9(14)7-15-2)10-4-3-8(11)5-12-10/h3-5,9,14H,6-7H2,1-2H3. The summed E-state index contributed by atoms with van der Waals surface area (Å²) in [5.41, 5.74) is 0. The molecule has 84 valence electrons. The SMILES string of the molecule is COCC(O)CN(C)c1ccc(Cl)cn1. The number of halogens is 1. The average Bonchev–Trinajstić information content (AvgIpc) is 2.18. The molecule has 0 bridgehead atoms. The lowest BCUT2D eigenvalue weighted by Crippen LogP contribution is -2.32. The molecule has 15 heavy (non-hydrogen) atoms. The molecule has 1 aromatic rings. The van der Waals surface area contributed by atoms with Crippen LogP contribution in [-0.2, 0) is 4.74 Å². The molecule has 0 fully saturated rings. The van der Waals surface area contributed by atoms with Crippen LogP contribution in [0.2, 0.25) is 5.02 Å². The van der Waals surface area contributed by atoms with E-state index >= 15 is 0 Å². The maximum Gasteiger partial charge on any atom is 0.128 e. The predicted octanol–water partition coefficient (Wildman–Crippen LogP) is 1.18. The largest absolute Gasteiger partial charge is 0.389 e. The lowest BCUT2D eigenvalue weighted by Gasteiger charge is -2.21. The maximum absolute atomic E-state index is 9.51. The molecule has 0 amide bonds. The maximum atomic E-state index is 9.51. The third-order valence-electron chi connectivity index (χ3n) is 1.95. The Morgan fingerprint density at radius 2 is 2.33 bits per heavy atom. The highest BCUT2D eigenvalue weighted by molar-refractivity contribution is 6.30. The van der Waals surface area contributed by atoms with Gasteiger partial charge in [0.05, 0.1) is 17.7 Å². The molecule has 0 saturated carbocycles. The number of pyridine rings is 1. The van der Waals surface area contributed by atoms with Crippen molar-refractivity contribution in [2.45, 2.75) is 6.10 Å². The van der Waals surface area contributed by atoms with Gasteiger partial charge in [-0.2, -0.15) is 0 Å². The van der Waals surface area contributed by atoms with E-state index in [9.17, 15) is 5.11 Å². The zero-order valence-electron chi connectivity index (χ0n) is 8.85. The molecule has 0 aliphatic carbocycles. The minimum absolute atomic E-state index is 0.317. The van der Waals surface area contributed by atoms with Crippen molar-refractivity contribution in [1.29, 1.82) is 0 Å².